The minimum atomic E-state index is -0.181. The number of benzene rings is 2. The fourth-order valence-corrected chi connectivity index (χ4v) is 4.13. The Morgan fingerprint density at radius 2 is 2.03 bits per heavy atom. The summed E-state index contributed by atoms with van der Waals surface area (Å²) in [5, 5.41) is 12.3. The number of aromatic nitrogens is 3. The van der Waals surface area contributed by atoms with E-state index >= 15 is 0 Å². The molecular formula is C24H27ClN4O3S. The van der Waals surface area contributed by atoms with Gasteiger partial charge in [0.15, 0.2) is 11.0 Å². The van der Waals surface area contributed by atoms with Gasteiger partial charge in [0.1, 0.15) is 18.1 Å². The summed E-state index contributed by atoms with van der Waals surface area (Å²) in [5.74, 6) is 1.97. The van der Waals surface area contributed by atoms with Crippen molar-refractivity contribution in [3.8, 4) is 11.5 Å². The van der Waals surface area contributed by atoms with E-state index in [1.165, 1.54) is 24.4 Å². The molecule has 0 bridgehead atoms. The normalized spacial score (nSPS) is 10.6. The van der Waals surface area contributed by atoms with Crippen LogP contribution in [0.25, 0.3) is 0 Å². The van der Waals surface area contributed by atoms with Gasteiger partial charge in [-0.05, 0) is 42.3 Å². The van der Waals surface area contributed by atoms with Gasteiger partial charge in [-0.15, -0.1) is 16.8 Å². The van der Waals surface area contributed by atoms with Crippen molar-refractivity contribution in [3.63, 3.8) is 0 Å². The SMILES string of the molecule is C=CCn1c(COc2ccc(CCC)cc2)nnc1SCC(=O)Nc1ccc(OC)c(Cl)c1. The highest BCUT2D eigenvalue weighted by atomic mass is 35.5. The summed E-state index contributed by atoms with van der Waals surface area (Å²) in [4.78, 5) is 12.4. The van der Waals surface area contributed by atoms with Crippen LogP contribution in [0.4, 0.5) is 5.69 Å². The third-order valence-electron chi connectivity index (χ3n) is 4.70. The number of rotatable bonds is 12. The van der Waals surface area contributed by atoms with Gasteiger partial charge in [0.2, 0.25) is 5.91 Å². The van der Waals surface area contributed by atoms with Gasteiger partial charge in [-0.25, -0.2) is 0 Å². The van der Waals surface area contributed by atoms with Gasteiger partial charge >= 0.3 is 0 Å². The van der Waals surface area contributed by atoms with Crippen LogP contribution in [0.2, 0.25) is 5.02 Å². The number of carbonyl (C=O) groups excluding carboxylic acids is 1. The predicted octanol–water partition coefficient (Wildman–Crippen LogP) is 5.39. The average Bonchev–Trinajstić information content (AvgIpc) is 3.19. The first-order valence-electron chi connectivity index (χ1n) is 10.5. The summed E-state index contributed by atoms with van der Waals surface area (Å²) < 4.78 is 12.9. The van der Waals surface area contributed by atoms with E-state index < -0.39 is 0 Å². The Morgan fingerprint density at radius 3 is 2.70 bits per heavy atom. The van der Waals surface area contributed by atoms with Crippen molar-refractivity contribution in [2.24, 2.45) is 0 Å². The second-order valence-electron chi connectivity index (χ2n) is 7.17. The van der Waals surface area contributed by atoms with Crippen molar-refractivity contribution in [2.45, 2.75) is 38.1 Å². The minimum Gasteiger partial charge on any atom is -0.495 e. The van der Waals surface area contributed by atoms with Crippen molar-refractivity contribution < 1.29 is 14.3 Å². The number of amides is 1. The number of nitrogens with one attached hydrogen (secondary N) is 1. The number of aryl methyl sites for hydroxylation is 1. The molecule has 0 spiro atoms. The van der Waals surface area contributed by atoms with Crippen molar-refractivity contribution in [2.75, 3.05) is 18.2 Å². The van der Waals surface area contributed by atoms with Gasteiger partial charge in [-0.3, -0.25) is 9.36 Å². The Kier molecular flexibility index (Phi) is 9.21. The summed E-state index contributed by atoms with van der Waals surface area (Å²) in [6.45, 7) is 6.75. The zero-order chi connectivity index (χ0) is 23.6. The molecule has 0 unspecified atom stereocenters. The zero-order valence-corrected chi connectivity index (χ0v) is 20.3. The second-order valence-corrected chi connectivity index (χ2v) is 8.52. The van der Waals surface area contributed by atoms with Gasteiger partial charge in [0.25, 0.3) is 0 Å². The number of ether oxygens (including phenoxy) is 2. The molecule has 1 N–H and O–H groups in total. The number of nitrogens with zero attached hydrogens (tertiary/aromatic N) is 3. The monoisotopic (exact) mass is 486 g/mol. The Hall–Kier alpha value is -2.97. The highest BCUT2D eigenvalue weighted by Crippen LogP contribution is 2.27. The summed E-state index contributed by atoms with van der Waals surface area (Å²) in [6, 6.07) is 13.2. The molecule has 1 heterocycles. The van der Waals surface area contributed by atoms with Crippen LogP contribution in [0, 0.1) is 0 Å². The number of hydrogen-bond donors (Lipinski definition) is 1. The lowest BCUT2D eigenvalue weighted by molar-refractivity contribution is -0.113. The fourth-order valence-electron chi connectivity index (χ4n) is 3.11. The maximum absolute atomic E-state index is 12.4. The van der Waals surface area contributed by atoms with Crippen LogP contribution in [-0.4, -0.2) is 33.5 Å². The third kappa shape index (κ3) is 7.00. The molecule has 1 amide bonds. The Morgan fingerprint density at radius 1 is 1.24 bits per heavy atom. The molecule has 2 aromatic carbocycles. The van der Waals surface area contributed by atoms with E-state index in [0.717, 1.165) is 18.6 Å². The smallest absolute Gasteiger partial charge is 0.234 e. The van der Waals surface area contributed by atoms with E-state index in [0.29, 0.717) is 34.0 Å². The van der Waals surface area contributed by atoms with Crippen LogP contribution in [0.15, 0.2) is 60.3 Å². The molecule has 0 aliphatic rings. The first-order chi connectivity index (χ1) is 16.0. The molecule has 174 valence electrons. The van der Waals surface area contributed by atoms with Crippen molar-refractivity contribution in [1.29, 1.82) is 0 Å². The van der Waals surface area contributed by atoms with Crippen LogP contribution in [0.3, 0.4) is 0 Å². The number of anilines is 1. The van der Waals surface area contributed by atoms with Crippen LogP contribution in [-0.2, 0) is 24.4 Å². The highest BCUT2D eigenvalue weighted by Gasteiger charge is 2.15. The number of halogens is 1. The molecule has 1 aromatic heterocycles. The Balaban J connectivity index is 1.58. The Labute approximate surface area is 203 Å². The largest absolute Gasteiger partial charge is 0.495 e. The highest BCUT2D eigenvalue weighted by molar-refractivity contribution is 7.99. The maximum atomic E-state index is 12.4. The number of hydrogen-bond acceptors (Lipinski definition) is 6. The lowest BCUT2D eigenvalue weighted by Gasteiger charge is -2.10. The predicted molar refractivity (Wildman–Crippen MR) is 132 cm³/mol. The summed E-state index contributed by atoms with van der Waals surface area (Å²) in [7, 11) is 1.54. The summed E-state index contributed by atoms with van der Waals surface area (Å²) in [5.41, 5.74) is 1.88. The van der Waals surface area contributed by atoms with E-state index in [1.54, 1.807) is 24.3 Å². The molecule has 0 aliphatic carbocycles. The average molecular weight is 487 g/mol. The van der Waals surface area contributed by atoms with Crippen molar-refractivity contribution >= 4 is 35.0 Å². The molecule has 9 heteroatoms. The third-order valence-corrected chi connectivity index (χ3v) is 5.97. The standard InChI is InChI=1S/C24H27ClN4O3S/c1-4-6-17-7-10-19(11-8-17)32-15-22-27-28-24(29(22)13-5-2)33-16-23(30)26-18-9-12-21(31-3)20(25)14-18/h5,7-12,14H,2,4,6,13,15-16H2,1,3H3,(H,26,30). The van der Waals surface area contributed by atoms with Crippen molar-refractivity contribution in [3.05, 3.63) is 71.5 Å². The Bertz CT molecular complexity index is 1090. The molecular weight excluding hydrogens is 460 g/mol. The first-order valence-corrected chi connectivity index (χ1v) is 11.9. The van der Waals surface area contributed by atoms with E-state index in [9.17, 15) is 4.79 Å². The van der Waals surface area contributed by atoms with Crippen LogP contribution in [0.1, 0.15) is 24.7 Å². The maximum Gasteiger partial charge on any atom is 0.234 e. The summed E-state index contributed by atoms with van der Waals surface area (Å²) >= 11 is 7.41. The van der Waals surface area contributed by atoms with Gasteiger partial charge in [-0.2, -0.15) is 0 Å². The van der Waals surface area contributed by atoms with Gasteiger partial charge in [0.05, 0.1) is 17.9 Å². The number of thioether (sulfide) groups is 1. The molecule has 0 saturated heterocycles. The van der Waals surface area contributed by atoms with E-state index in [1.807, 2.05) is 16.7 Å². The second kappa shape index (κ2) is 12.3. The number of methoxy groups -OCH3 is 1. The van der Waals surface area contributed by atoms with Crippen LogP contribution >= 0.6 is 23.4 Å². The molecule has 0 radical (unpaired) electrons. The van der Waals surface area contributed by atoms with E-state index in [2.05, 4.69) is 41.1 Å². The number of carbonyl (C=O) groups is 1. The quantitative estimate of drug-likeness (QED) is 0.273. The molecule has 3 aromatic rings. The molecule has 7 nitrogen and oxygen atoms in total. The van der Waals surface area contributed by atoms with E-state index in [4.69, 9.17) is 21.1 Å². The first kappa shape index (κ1) is 24.7. The molecule has 33 heavy (non-hydrogen) atoms. The van der Waals surface area contributed by atoms with Crippen LogP contribution < -0.4 is 14.8 Å². The molecule has 3 rings (SSSR count). The lowest BCUT2D eigenvalue weighted by atomic mass is 10.1. The zero-order valence-electron chi connectivity index (χ0n) is 18.7. The van der Waals surface area contributed by atoms with Crippen LogP contribution in [0.5, 0.6) is 11.5 Å². The summed E-state index contributed by atoms with van der Waals surface area (Å²) in [6.07, 6.45) is 3.92. The topological polar surface area (TPSA) is 78.3 Å². The molecule has 0 aliphatic heterocycles. The molecule has 0 atom stereocenters. The lowest BCUT2D eigenvalue weighted by Crippen LogP contribution is -2.15. The molecule has 0 fully saturated rings. The van der Waals surface area contributed by atoms with Gasteiger partial charge < -0.3 is 14.8 Å². The van der Waals surface area contributed by atoms with Crippen molar-refractivity contribution in [1.82, 2.24) is 14.8 Å². The van der Waals surface area contributed by atoms with Gasteiger partial charge in [-0.1, -0.05) is 54.9 Å². The fraction of sp³-hybridized carbons (Fsp3) is 0.292. The minimum absolute atomic E-state index is 0.165. The van der Waals surface area contributed by atoms with Gasteiger partial charge in [0, 0.05) is 12.2 Å². The number of allylic oxidation sites excluding steroid dienone is 1. The molecule has 0 saturated carbocycles. The van der Waals surface area contributed by atoms with E-state index in [-0.39, 0.29) is 18.3 Å².